The van der Waals surface area contributed by atoms with Gasteiger partial charge in [-0.3, -0.25) is 0 Å². The smallest absolute Gasteiger partial charge is 0.0181 e. The van der Waals surface area contributed by atoms with Crippen LogP contribution in [0.1, 0.15) is 11.1 Å². The Morgan fingerprint density at radius 1 is 0.833 bits per heavy atom. The van der Waals surface area contributed by atoms with E-state index in [4.69, 9.17) is 0 Å². The molecule has 2 aromatic rings. The average Bonchev–Trinajstić information content (AvgIpc) is 2.39. The highest BCUT2D eigenvalue weighted by atomic mass is 79.9. The Kier molecular flexibility index (Phi) is 4.97. The molecule has 90 valence electrons. The van der Waals surface area contributed by atoms with Crippen molar-refractivity contribution in [1.29, 1.82) is 0 Å². The Morgan fingerprint density at radius 2 is 1.50 bits per heavy atom. The summed E-state index contributed by atoms with van der Waals surface area (Å²) in [7, 11) is 0. The Morgan fingerprint density at radius 3 is 2.17 bits per heavy atom. The van der Waals surface area contributed by atoms with Crippen molar-refractivity contribution in [2.24, 2.45) is 0 Å². The highest BCUT2D eigenvalue weighted by molar-refractivity contribution is 9.12. The number of hydrogen-bond donors (Lipinski definition) is 0. The Balaban J connectivity index is 2.09. The van der Waals surface area contributed by atoms with E-state index in [9.17, 15) is 0 Å². The normalized spacial score (nSPS) is 12.0. The third-order valence-corrected chi connectivity index (χ3v) is 3.43. The van der Waals surface area contributed by atoms with Crippen LogP contribution in [0, 0.1) is 0 Å². The molecular weight excluding hydrogens is 352 g/mol. The fraction of sp³-hybridized carbons (Fsp3) is 0. The van der Waals surface area contributed by atoms with Gasteiger partial charge in [0.15, 0.2) is 0 Å². The molecule has 0 aromatic heterocycles. The van der Waals surface area contributed by atoms with Gasteiger partial charge in [0.05, 0.1) is 0 Å². The van der Waals surface area contributed by atoms with Gasteiger partial charge in [0.25, 0.3) is 0 Å². The van der Waals surface area contributed by atoms with E-state index in [1.165, 1.54) is 11.1 Å². The van der Waals surface area contributed by atoms with Gasteiger partial charge in [0.2, 0.25) is 0 Å². The summed E-state index contributed by atoms with van der Waals surface area (Å²) in [4.78, 5) is 0. The summed E-state index contributed by atoms with van der Waals surface area (Å²) in [6, 6.07) is 18.5. The lowest BCUT2D eigenvalue weighted by molar-refractivity contribution is 1.61. The summed E-state index contributed by atoms with van der Waals surface area (Å²) in [5.41, 5.74) is 2.36. The summed E-state index contributed by atoms with van der Waals surface area (Å²) in [6.45, 7) is 0. The minimum Gasteiger partial charge on any atom is -0.0622 e. The highest BCUT2D eigenvalue weighted by Crippen LogP contribution is 2.16. The van der Waals surface area contributed by atoms with E-state index in [0.717, 1.165) is 8.96 Å². The third-order valence-electron chi connectivity index (χ3n) is 2.41. The van der Waals surface area contributed by atoms with Gasteiger partial charge in [-0.15, -0.1) is 0 Å². The second-order valence-electron chi connectivity index (χ2n) is 3.82. The van der Waals surface area contributed by atoms with Crippen molar-refractivity contribution in [3.63, 3.8) is 0 Å². The largest absolute Gasteiger partial charge is 0.0622 e. The molecule has 0 spiro atoms. The average molecular weight is 364 g/mol. The van der Waals surface area contributed by atoms with E-state index in [1.807, 2.05) is 30.3 Å². The summed E-state index contributed by atoms with van der Waals surface area (Å²) in [5, 5.41) is 0. The lowest BCUT2D eigenvalue weighted by Gasteiger charge is -1.95. The van der Waals surface area contributed by atoms with E-state index in [-0.39, 0.29) is 0 Å². The van der Waals surface area contributed by atoms with Crippen molar-refractivity contribution in [1.82, 2.24) is 0 Å². The maximum absolute atomic E-state index is 3.55. The maximum atomic E-state index is 3.55. The van der Waals surface area contributed by atoms with Crippen molar-refractivity contribution < 1.29 is 0 Å². The number of rotatable bonds is 3. The van der Waals surface area contributed by atoms with E-state index < -0.39 is 0 Å². The third kappa shape index (κ3) is 4.28. The quantitative estimate of drug-likeness (QED) is 0.595. The molecule has 0 saturated heterocycles. The van der Waals surface area contributed by atoms with E-state index in [1.54, 1.807) is 0 Å². The fourth-order valence-corrected chi connectivity index (χ4v) is 2.17. The molecule has 0 radical (unpaired) electrons. The van der Waals surface area contributed by atoms with Crippen molar-refractivity contribution in [2.75, 3.05) is 0 Å². The van der Waals surface area contributed by atoms with Gasteiger partial charge in [0, 0.05) is 8.96 Å². The van der Waals surface area contributed by atoms with Gasteiger partial charge in [-0.2, -0.15) is 0 Å². The first-order valence-corrected chi connectivity index (χ1v) is 7.18. The predicted molar refractivity (Wildman–Crippen MR) is 86.5 cm³/mol. The molecule has 0 saturated carbocycles. The molecule has 18 heavy (non-hydrogen) atoms. The van der Waals surface area contributed by atoms with Crippen LogP contribution in [0.2, 0.25) is 0 Å². The van der Waals surface area contributed by atoms with Crippen LogP contribution >= 0.6 is 31.9 Å². The highest BCUT2D eigenvalue weighted by Gasteiger charge is 1.90. The van der Waals surface area contributed by atoms with E-state index >= 15 is 0 Å². The molecule has 0 atom stereocenters. The van der Waals surface area contributed by atoms with Crippen LogP contribution in [0.5, 0.6) is 0 Å². The SMILES string of the molecule is BrC(C=Cc1ccc(Br)cc1)=Cc1ccccc1. The first-order chi connectivity index (χ1) is 8.74. The second-order valence-corrected chi connectivity index (χ2v) is 5.66. The zero-order valence-electron chi connectivity index (χ0n) is 9.68. The lowest BCUT2D eigenvalue weighted by atomic mass is 10.2. The molecule has 0 fully saturated rings. The Labute approximate surface area is 124 Å². The molecule has 0 N–H and O–H groups in total. The van der Waals surface area contributed by atoms with Gasteiger partial charge < -0.3 is 0 Å². The van der Waals surface area contributed by atoms with Crippen LogP contribution < -0.4 is 0 Å². The monoisotopic (exact) mass is 362 g/mol. The van der Waals surface area contributed by atoms with Gasteiger partial charge in [-0.05, 0) is 35.4 Å². The number of benzene rings is 2. The molecule has 0 amide bonds. The lowest BCUT2D eigenvalue weighted by Crippen LogP contribution is -1.72. The first kappa shape index (κ1) is 13.3. The molecule has 2 heteroatoms. The zero-order valence-corrected chi connectivity index (χ0v) is 12.9. The molecular formula is C16H12Br2. The topological polar surface area (TPSA) is 0 Å². The van der Waals surface area contributed by atoms with Crippen LogP contribution in [0.15, 0.2) is 69.6 Å². The number of allylic oxidation sites excluding steroid dienone is 2. The van der Waals surface area contributed by atoms with Crippen LogP contribution in [0.25, 0.3) is 12.2 Å². The Bertz CT molecular complexity index is 551. The second kappa shape index (κ2) is 6.72. The molecule has 2 aromatic carbocycles. The minimum atomic E-state index is 1.05. The zero-order chi connectivity index (χ0) is 12.8. The summed E-state index contributed by atoms with van der Waals surface area (Å²) in [5.74, 6) is 0. The van der Waals surface area contributed by atoms with Gasteiger partial charge >= 0.3 is 0 Å². The van der Waals surface area contributed by atoms with Gasteiger partial charge in [-0.1, -0.05) is 80.4 Å². The van der Waals surface area contributed by atoms with Crippen LogP contribution in [-0.4, -0.2) is 0 Å². The summed E-state index contributed by atoms with van der Waals surface area (Å²) >= 11 is 6.98. The molecule has 0 aliphatic carbocycles. The van der Waals surface area contributed by atoms with Crippen molar-refractivity contribution >= 4 is 44.0 Å². The summed E-state index contributed by atoms with van der Waals surface area (Å²) < 4.78 is 2.15. The van der Waals surface area contributed by atoms with Crippen LogP contribution in [-0.2, 0) is 0 Å². The number of hydrogen-bond acceptors (Lipinski definition) is 0. The van der Waals surface area contributed by atoms with Gasteiger partial charge in [0.1, 0.15) is 0 Å². The molecule has 0 nitrogen and oxygen atoms in total. The summed E-state index contributed by atoms with van der Waals surface area (Å²) in [6.07, 6.45) is 6.22. The Hall–Kier alpha value is -1.12. The molecule has 2 rings (SSSR count). The van der Waals surface area contributed by atoms with Crippen molar-refractivity contribution in [3.8, 4) is 0 Å². The maximum Gasteiger partial charge on any atom is 0.0181 e. The standard InChI is InChI=1S/C16H12Br2/c17-15-9-6-13(7-10-15)8-11-16(18)12-14-4-2-1-3-5-14/h1-12H. The van der Waals surface area contributed by atoms with E-state index in [2.05, 4.69) is 74.4 Å². The predicted octanol–water partition coefficient (Wildman–Crippen LogP) is 5.90. The van der Waals surface area contributed by atoms with Gasteiger partial charge in [-0.25, -0.2) is 0 Å². The molecule has 0 aliphatic heterocycles. The van der Waals surface area contributed by atoms with E-state index in [0.29, 0.717) is 0 Å². The molecule has 0 unspecified atom stereocenters. The molecule has 0 bridgehead atoms. The van der Waals surface area contributed by atoms with Crippen LogP contribution in [0.3, 0.4) is 0 Å². The van der Waals surface area contributed by atoms with Crippen molar-refractivity contribution in [3.05, 3.63) is 80.8 Å². The van der Waals surface area contributed by atoms with Crippen LogP contribution in [0.4, 0.5) is 0 Å². The number of halogens is 2. The first-order valence-electron chi connectivity index (χ1n) is 5.60. The molecule has 0 heterocycles. The fourth-order valence-electron chi connectivity index (χ4n) is 1.51. The minimum absolute atomic E-state index is 1.05. The molecule has 0 aliphatic rings. The van der Waals surface area contributed by atoms with Crippen molar-refractivity contribution in [2.45, 2.75) is 0 Å².